The highest BCUT2D eigenvalue weighted by molar-refractivity contribution is 7.13. The van der Waals surface area contributed by atoms with Crippen LogP contribution in [0.15, 0.2) is 104 Å². The first-order valence-corrected chi connectivity index (χ1v) is 15.4. The summed E-state index contributed by atoms with van der Waals surface area (Å²) >= 11 is 1.54. The summed E-state index contributed by atoms with van der Waals surface area (Å²) in [5, 5.41) is 9.13. The van der Waals surface area contributed by atoms with Crippen LogP contribution < -0.4 is 9.80 Å². The second-order valence-corrected chi connectivity index (χ2v) is 12.1. The summed E-state index contributed by atoms with van der Waals surface area (Å²) in [4.78, 5) is 39.0. The van der Waals surface area contributed by atoms with E-state index in [-0.39, 0.29) is 11.8 Å². The number of thiophene rings is 1. The molecule has 1 saturated heterocycles. The van der Waals surface area contributed by atoms with E-state index in [0.717, 1.165) is 45.5 Å². The van der Waals surface area contributed by atoms with E-state index >= 15 is 0 Å². The number of hydrogen-bond donors (Lipinski definition) is 0. The summed E-state index contributed by atoms with van der Waals surface area (Å²) in [6.45, 7) is 5.76. The van der Waals surface area contributed by atoms with Crippen molar-refractivity contribution in [2.75, 3.05) is 36.0 Å². The van der Waals surface area contributed by atoms with Gasteiger partial charge in [-0.1, -0.05) is 30.3 Å². The molecule has 44 heavy (non-hydrogen) atoms. The third-order valence-corrected chi connectivity index (χ3v) is 8.85. The third kappa shape index (κ3) is 6.41. The quantitative estimate of drug-likeness (QED) is 0.219. The summed E-state index contributed by atoms with van der Waals surface area (Å²) in [6.07, 6.45) is 3.56. The van der Waals surface area contributed by atoms with Gasteiger partial charge in [-0.05, 0) is 73.2 Å². The minimum absolute atomic E-state index is 0.0968. The Morgan fingerprint density at radius 1 is 0.909 bits per heavy atom. The Labute approximate surface area is 261 Å². The van der Waals surface area contributed by atoms with Gasteiger partial charge in [-0.25, -0.2) is 4.98 Å². The van der Waals surface area contributed by atoms with Crippen molar-refractivity contribution in [1.29, 1.82) is 5.26 Å². The Balaban J connectivity index is 1.19. The molecule has 220 valence electrons. The second kappa shape index (κ2) is 13.0. The predicted octanol–water partition coefficient (Wildman–Crippen LogP) is 5.98. The Morgan fingerprint density at radius 2 is 1.64 bits per heavy atom. The average molecular weight is 601 g/mol. The Bertz CT molecular complexity index is 1780. The van der Waals surface area contributed by atoms with Gasteiger partial charge >= 0.3 is 0 Å². The zero-order chi connectivity index (χ0) is 30.5. The fraction of sp³-hybridized carbons (Fsp3) is 0.200. The molecule has 0 spiro atoms. The Morgan fingerprint density at radius 3 is 2.30 bits per heavy atom. The van der Waals surface area contributed by atoms with E-state index < -0.39 is 0 Å². The van der Waals surface area contributed by atoms with Gasteiger partial charge in [-0.15, -0.1) is 11.3 Å². The molecule has 1 aliphatic rings. The molecule has 0 N–H and O–H groups in total. The second-order valence-electron chi connectivity index (χ2n) is 10.8. The number of carbonyl (C=O) groups excluding carboxylic acids is 2. The maximum atomic E-state index is 13.8. The van der Waals surface area contributed by atoms with Crippen LogP contribution in [0.3, 0.4) is 0 Å². The standard InChI is InChI=1S/C35H32N6O2S/c1-26-7-16-33(44-26)35(43)39-19-17-38(18-20-39)30-12-14-31(15-13-30)41(34(42)29-5-3-2-4-6-29)24-32-22-37-25-40(32)23-28-10-8-27(21-36)9-11-28/h2-16,22,25H,17-20,23-24H2,1H3. The zero-order valence-corrected chi connectivity index (χ0v) is 25.3. The molecule has 5 aromatic rings. The van der Waals surface area contributed by atoms with Crippen molar-refractivity contribution in [3.05, 3.63) is 136 Å². The van der Waals surface area contributed by atoms with Crippen molar-refractivity contribution < 1.29 is 9.59 Å². The van der Waals surface area contributed by atoms with Crippen LogP contribution in [0.2, 0.25) is 0 Å². The number of rotatable bonds is 8. The Hall–Kier alpha value is -5.20. The van der Waals surface area contributed by atoms with Crippen molar-refractivity contribution in [2.24, 2.45) is 0 Å². The first kappa shape index (κ1) is 28.9. The van der Waals surface area contributed by atoms with Crippen LogP contribution in [0, 0.1) is 18.3 Å². The van der Waals surface area contributed by atoms with E-state index in [1.807, 2.05) is 83.1 Å². The van der Waals surface area contributed by atoms with Crippen LogP contribution in [0.4, 0.5) is 11.4 Å². The van der Waals surface area contributed by atoms with E-state index in [0.29, 0.717) is 37.3 Å². The fourth-order valence-corrected chi connectivity index (χ4v) is 6.23. The summed E-state index contributed by atoms with van der Waals surface area (Å²) in [7, 11) is 0. The smallest absolute Gasteiger partial charge is 0.264 e. The molecule has 0 unspecified atom stereocenters. The normalized spacial score (nSPS) is 13.0. The highest BCUT2D eigenvalue weighted by atomic mass is 32.1. The van der Waals surface area contributed by atoms with Gasteiger partial charge in [0.25, 0.3) is 11.8 Å². The van der Waals surface area contributed by atoms with Gasteiger partial charge in [0.1, 0.15) is 0 Å². The number of imidazole rings is 1. The molecule has 6 rings (SSSR count). The summed E-state index contributed by atoms with van der Waals surface area (Å²) < 4.78 is 2.03. The molecular formula is C35H32N6O2S. The van der Waals surface area contributed by atoms with Crippen LogP contribution in [0.25, 0.3) is 0 Å². The van der Waals surface area contributed by atoms with E-state index in [1.165, 1.54) is 0 Å². The minimum atomic E-state index is -0.0968. The summed E-state index contributed by atoms with van der Waals surface area (Å²) in [5.41, 5.74) is 5.01. The molecular weight excluding hydrogens is 568 g/mol. The van der Waals surface area contributed by atoms with Crippen LogP contribution >= 0.6 is 11.3 Å². The van der Waals surface area contributed by atoms with E-state index in [4.69, 9.17) is 5.26 Å². The number of benzene rings is 3. The minimum Gasteiger partial charge on any atom is -0.368 e. The largest absolute Gasteiger partial charge is 0.368 e. The van der Waals surface area contributed by atoms with Gasteiger partial charge in [-0.2, -0.15) is 5.26 Å². The molecule has 0 saturated carbocycles. The van der Waals surface area contributed by atoms with E-state index in [2.05, 4.69) is 28.1 Å². The fourth-order valence-electron chi connectivity index (χ4n) is 5.40. The number of nitriles is 1. The van der Waals surface area contributed by atoms with Crippen molar-refractivity contribution in [3.8, 4) is 6.07 Å². The first-order valence-electron chi connectivity index (χ1n) is 14.5. The molecule has 0 aliphatic carbocycles. The predicted molar refractivity (Wildman–Crippen MR) is 173 cm³/mol. The van der Waals surface area contributed by atoms with Crippen molar-refractivity contribution in [2.45, 2.75) is 20.0 Å². The van der Waals surface area contributed by atoms with Gasteiger partial charge in [0, 0.05) is 60.7 Å². The molecule has 2 amide bonds. The van der Waals surface area contributed by atoms with Gasteiger partial charge in [0.2, 0.25) is 0 Å². The number of anilines is 2. The molecule has 2 aromatic heterocycles. The topological polar surface area (TPSA) is 85.5 Å². The number of hydrogen-bond acceptors (Lipinski definition) is 6. The highest BCUT2D eigenvalue weighted by Crippen LogP contribution is 2.26. The SMILES string of the molecule is Cc1ccc(C(=O)N2CCN(c3ccc(N(Cc4cncn4Cc4ccc(C#N)cc4)C(=O)c4ccccc4)cc3)CC2)s1. The summed E-state index contributed by atoms with van der Waals surface area (Å²) in [5.74, 6) is 0.00648. The number of amides is 2. The maximum Gasteiger partial charge on any atom is 0.264 e. The lowest BCUT2D eigenvalue weighted by Crippen LogP contribution is -2.48. The molecule has 1 fully saturated rings. The van der Waals surface area contributed by atoms with Crippen LogP contribution in [-0.4, -0.2) is 52.4 Å². The molecule has 0 atom stereocenters. The van der Waals surface area contributed by atoms with Crippen LogP contribution in [0.5, 0.6) is 0 Å². The first-order chi connectivity index (χ1) is 21.5. The lowest BCUT2D eigenvalue weighted by Gasteiger charge is -2.36. The molecule has 0 bridgehead atoms. The third-order valence-electron chi connectivity index (χ3n) is 7.87. The number of piperazine rings is 1. The molecule has 0 radical (unpaired) electrons. The van der Waals surface area contributed by atoms with Gasteiger partial charge in [0.15, 0.2) is 0 Å². The van der Waals surface area contributed by atoms with Crippen LogP contribution in [-0.2, 0) is 13.1 Å². The van der Waals surface area contributed by atoms with Crippen molar-refractivity contribution >= 4 is 34.5 Å². The van der Waals surface area contributed by atoms with Gasteiger partial charge in [-0.3, -0.25) is 9.59 Å². The highest BCUT2D eigenvalue weighted by Gasteiger charge is 2.24. The summed E-state index contributed by atoms with van der Waals surface area (Å²) in [6, 6.07) is 30.9. The molecule has 8 nitrogen and oxygen atoms in total. The van der Waals surface area contributed by atoms with Crippen LogP contribution in [0.1, 0.15) is 41.7 Å². The van der Waals surface area contributed by atoms with Crippen molar-refractivity contribution in [3.63, 3.8) is 0 Å². The number of aromatic nitrogens is 2. The zero-order valence-electron chi connectivity index (χ0n) is 24.5. The van der Waals surface area contributed by atoms with Gasteiger partial charge < -0.3 is 19.3 Å². The number of carbonyl (C=O) groups is 2. The molecule has 3 heterocycles. The van der Waals surface area contributed by atoms with Gasteiger partial charge in [0.05, 0.1) is 35.1 Å². The van der Waals surface area contributed by atoms with Crippen molar-refractivity contribution in [1.82, 2.24) is 14.5 Å². The van der Waals surface area contributed by atoms with E-state index in [1.54, 1.807) is 40.9 Å². The lowest BCUT2D eigenvalue weighted by molar-refractivity contribution is 0.0751. The maximum absolute atomic E-state index is 13.8. The molecule has 1 aliphatic heterocycles. The lowest BCUT2D eigenvalue weighted by atomic mass is 10.1. The average Bonchev–Trinajstić information content (AvgIpc) is 3.72. The Kier molecular flexibility index (Phi) is 8.52. The number of aryl methyl sites for hydroxylation is 1. The molecule has 3 aromatic carbocycles. The number of nitrogens with zero attached hydrogens (tertiary/aromatic N) is 6. The molecule has 9 heteroatoms. The monoisotopic (exact) mass is 600 g/mol. The van der Waals surface area contributed by atoms with E-state index in [9.17, 15) is 9.59 Å².